The van der Waals surface area contributed by atoms with E-state index in [9.17, 15) is 22.4 Å². The van der Waals surface area contributed by atoms with Crippen LogP contribution in [0.25, 0.3) is 33.5 Å². The van der Waals surface area contributed by atoms with Crippen molar-refractivity contribution in [2.24, 2.45) is 0 Å². The number of benzene rings is 3. The van der Waals surface area contributed by atoms with Gasteiger partial charge >= 0.3 is 12.3 Å². The van der Waals surface area contributed by atoms with Gasteiger partial charge in [-0.3, -0.25) is 5.10 Å². The molecule has 5 nitrogen and oxygen atoms in total. The first kappa shape index (κ1) is 21.1. The molecule has 0 bridgehead atoms. The van der Waals surface area contributed by atoms with Crippen molar-refractivity contribution in [2.75, 3.05) is 0 Å². The van der Waals surface area contributed by atoms with Crippen LogP contribution < -0.4 is 4.74 Å². The van der Waals surface area contributed by atoms with Crippen molar-refractivity contribution in [3.63, 3.8) is 0 Å². The minimum absolute atomic E-state index is 0.0823. The van der Waals surface area contributed by atoms with E-state index in [0.29, 0.717) is 22.4 Å². The van der Waals surface area contributed by atoms with E-state index in [1.807, 2.05) is 0 Å². The van der Waals surface area contributed by atoms with Gasteiger partial charge < -0.3 is 9.84 Å². The number of rotatable bonds is 5. The summed E-state index contributed by atoms with van der Waals surface area (Å²) in [6.45, 7) is 0. The van der Waals surface area contributed by atoms with Gasteiger partial charge in [-0.25, -0.2) is 9.18 Å². The molecule has 9 heteroatoms. The highest BCUT2D eigenvalue weighted by Gasteiger charge is 2.32. The predicted molar refractivity (Wildman–Crippen MR) is 108 cm³/mol. The maximum Gasteiger partial charge on any atom is 0.573 e. The van der Waals surface area contributed by atoms with Crippen LogP contribution in [0.2, 0.25) is 0 Å². The Morgan fingerprint density at radius 1 is 0.875 bits per heavy atom. The molecule has 4 aromatic rings. The first-order valence-electron chi connectivity index (χ1n) is 9.25. The Labute approximate surface area is 178 Å². The summed E-state index contributed by atoms with van der Waals surface area (Å²) < 4.78 is 57.4. The summed E-state index contributed by atoms with van der Waals surface area (Å²) in [7, 11) is 0. The van der Waals surface area contributed by atoms with Crippen LogP contribution in [-0.2, 0) is 0 Å². The molecule has 4 rings (SSSR count). The van der Waals surface area contributed by atoms with E-state index in [1.54, 1.807) is 30.3 Å². The van der Waals surface area contributed by atoms with E-state index < -0.39 is 23.9 Å². The number of nitrogens with zero attached hydrogens (tertiary/aromatic N) is 1. The Kier molecular flexibility index (Phi) is 5.40. The molecule has 32 heavy (non-hydrogen) atoms. The van der Waals surface area contributed by atoms with E-state index in [-0.39, 0.29) is 16.8 Å². The fourth-order valence-corrected chi connectivity index (χ4v) is 3.26. The molecule has 0 spiro atoms. The van der Waals surface area contributed by atoms with E-state index in [0.717, 1.165) is 6.07 Å². The normalized spacial score (nSPS) is 11.4. The minimum atomic E-state index is -4.93. The summed E-state index contributed by atoms with van der Waals surface area (Å²) in [5.74, 6) is -2.17. The highest BCUT2D eigenvalue weighted by atomic mass is 19.4. The van der Waals surface area contributed by atoms with Crippen LogP contribution in [0.15, 0.2) is 72.8 Å². The van der Waals surface area contributed by atoms with Gasteiger partial charge in [-0.2, -0.15) is 5.10 Å². The predicted octanol–water partition coefficient (Wildman–Crippen LogP) is 6.15. The van der Waals surface area contributed by atoms with Gasteiger partial charge in [-0.1, -0.05) is 42.5 Å². The molecular weight excluding hydrogens is 428 g/mol. The Balaban J connectivity index is 1.84. The van der Waals surface area contributed by atoms with Crippen molar-refractivity contribution in [3.05, 3.63) is 84.3 Å². The number of carboxylic acids is 1. The molecule has 0 aliphatic rings. The van der Waals surface area contributed by atoms with Crippen LogP contribution in [-0.4, -0.2) is 27.6 Å². The molecular formula is C23H14F4N2O3. The molecule has 1 heterocycles. The van der Waals surface area contributed by atoms with E-state index in [1.165, 1.54) is 36.4 Å². The number of H-pyrrole nitrogens is 1. The van der Waals surface area contributed by atoms with Crippen molar-refractivity contribution in [1.82, 2.24) is 10.2 Å². The summed E-state index contributed by atoms with van der Waals surface area (Å²) in [5.41, 5.74) is 1.66. The number of alkyl halides is 3. The first-order valence-corrected chi connectivity index (χ1v) is 9.25. The zero-order chi connectivity index (χ0) is 22.9. The van der Waals surface area contributed by atoms with Gasteiger partial charge in [-0.05, 0) is 41.5 Å². The lowest BCUT2D eigenvalue weighted by molar-refractivity contribution is -0.274. The molecule has 0 saturated carbocycles. The third-order valence-corrected chi connectivity index (χ3v) is 4.67. The number of carbonyl (C=O) groups is 1. The number of aromatic carboxylic acids is 1. The first-order chi connectivity index (χ1) is 15.2. The number of carboxylic acid groups (broad SMARTS) is 1. The van der Waals surface area contributed by atoms with Gasteiger partial charge in [0.2, 0.25) is 0 Å². The maximum absolute atomic E-state index is 14.3. The van der Waals surface area contributed by atoms with Gasteiger partial charge in [0, 0.05) is 16.7 Å². The van der Waals surface area contributed by atoms with Gasteiger partial charge in [0.15, 0.2) is 0 Å². The molecule has 162 valence electrons. The minimum Gasteiger partial charge on any atom is -0.477 e. The Morgan fingerprint density at radius 3 is 2.28 bits per heavy atom. The van der Waals surface area contributed by atoms with Gasteiger partial charge in [0.25, 0.3) is 0 Å². The summed E-state index contributed by atoms with van der Waals surface area (Å²) >= 11 is 0. The Morgan fingerprint density at radius 2 is 1.59 bits per heavy atom. The number of hydrogen-bond acceptors (Lipinski definition) is 3. The summed E-state index contributed by atoms with van der Waals surface area (Å²) in [6, 6.07) is 17.5. The summed E-state index contributed by atoms with van der Waals surface area (Å²) in [6.07, 6.45) is -4.93. The van der Waals surface area contributed by atoms with E-state index in [4.69, 9.17) is 5.11 Å². The van der Waals surface area contributed by atoms with Crippen LogP contribution in [0.5, 0.6) is 5.75 Å². The van der Waals surface area contributed by atoms with Crippen molar-refractivity contribution in [1.29, 1.82) is 0 Å². The van der Waals surface area contributed by atoms with Gasteiger partial charge in [-0.15, -0.1) is 13.2 Å². The molecule has 0 amide bonds. The Hall–Kier alpha value is -4.14. The lowest BCUT2D eigenvalue weighted by atomic mass is 9.96. The van der Waals surface area contributed by atoms with Crippen LogP contribution in [0, 0.1) is 5.82 Å². The third-order valence-electron chi connectivity index (χ3n) is 4.67. The van der Waals surface area contributed by atoms with E-state index in [2.05, 4.69) is 14.9 Å². The molecule has 2 N–H and O–H groups in total. The summed E-state index contributed by atoms with van der Waals surface area (Å²) in [5, 5.41) is 15.4. The molecule has 0 unspecified atom stereocenters. The highest BCUT2D eigenvalue weighted by Crippen LogP contribution is 2.38. The number of nitrogens with one attached hydrogen (secondary N) is 1. The smallest absolute Gasteiger partial charge is 0.477 e. The number of hydrogen-bond donors (Lipinski definition) is 2. The Bertz CT molecular complexity index is 1300. The second-order valence-corrected chi connectivity index (χ2v) is 6.79. The van der Waals surface area contributed by atoms with Crippen LogP contribution in [0.3, 0.4) is 0 Å². The van der Waals surface area contributed by atoms with Gasteiger partial charge in [0.1, 0.15) is 17.3 Å². The molecule has 0 aliphatic heterocycles. The SMILES string of the molecule is O=C(O)c1cc(-c2cccc(-c3cc(-c4ccccc4F)ccc3OC(F)(F)F)c2)n[nH]1. The molecule has 1 aromatic heterocycles. The number of ether oxygens (including phenoxy) is 1. The zero-order valence-corrected chi connectivity index (χ0v) is 16.2. The maximum atomic E-state index is 14.3. The zero-order valence-electron chi connectivity index (χ0n) is 16.2. The molecule has 0 aliphatic carbocycles. The highest BCUT2D eigenvalue weighted by molar-refractivity contribution is 5.87. The molecule has 0 radical (unpaired) electrons. The van der Waals surface area contributed by atoms with Crippen molar-refractivity contribution < 1.29 is 32.2 Å². The van der Waals surface area contributed by atoms with Crippen molar-refractivity contribution in [2.45, 2.75) is 6.36 Å². The number of aromatic nitrogens is 2. The van der Waals surface area contributed by atoms with Crippen LogP contribution >= 0.6 is 0 Å². The number of halogens is 4. The fourth-order valence-electron chi connectivity index (χ4n) is 3.26. The summed E-state index contributed by atoms with van der Waals surface area (Å²) in [4.78, 5) is 11.1. The van der Waals surface area contributed by atoms with Crippen LogP contribution in [0.1, 0.15) is 10.5 Å². The van der Waals surface area contributed by atoms with Gasteiger partial charge in [0.05, 0.1) is 5.69 Å². The number of aromatic amines is 1. The monoisotopic (exact) mass is 442 g/mol. The third kappa shape index (κ3) is 4.46. The lowest BCUT2D eigenvalue weighted by Crippen LogP contribution is -2.17. The van der Waals surface area contributed by atoms with E-state index >= 15 is 0 Å². The second kappa shape index (κ2) is 8.18. The van der Waals surface area contributed by atoms with Crippen molar-refractivity contribution in [3.8, 4) is 39.3 Å². The molecule has 3 aromatic carbocycles. The average molecular weight is 442 g/mol. The average Bonchev–Trinajstić information content (AvgIpc) is 3.24. The van der Waals surface area contributed by atoms with Crippen molar-refractivity contribution >= 4 is 5.97 Å². The second-order valence-electron chi connectivity index (χ2n) is 6.79. The molecule has 0 saturated heterocycles. The quantitative estimate of drug-likeness (QED) is 0.364. The molecule has 0 fully saturated rings. The van der Waals surface area contributed by atoms with Crippen LogP contribution in [0.4, 0.5) is 17.6 Å². The fraction of sp³-hybridized carbons (Fsp3) is 0.0435. The molecule has 0 atom stereocenters. The largest absolute Gasteiger partial charge is 0.573 e. The lowest BCUT2D eigenvalue weighted by Gasteiger charge is -2.16. The topological polar surface area (TPSA) is 75.2 Å². The standard InChI is InChI=1S/C23H14F4N2O3/c24-18-7-2-1-6-16(18)14-8-9-21(32-23(25,26)27)17(11-14)13-4-3-5-15(10-13)19-12-20(22(30)31)29-28-19/h1-12H,(H,28,29)(H,30,31).